The lowest BCUT2D eigenvalue weighted by Crippen LogP contribution is -2.13. The molecule has 3 rings (SSSR count). The number of hydrogen-bond donors (Lipinski definition) is 1. The van der Waals surface area contributed by atoms with Crippen LogP contribution in [0.15, 0.2) is 66.7 Å². The number of methoxy groups -OCH3 is 2. The maximum Gasteiger partial charge on any atom is 0.224 e. The number of hydrogen-bond acceptors (Lipinski definition) is 4. The summed E-state index contributed by atoms with van der Waals surface area (Å²) in [4.78, 5) is 12.5. The molecule has 29 heavy (non-hydrogen) atoms. The van der Waals surface area contributed by atoms with Crippen molar-refractivity contribution in [3.63, 3.8) is 0 Å². The van der Waals surface area contributed by atoms with E-state index in [-0.39, 0.29) is 5.91 Å². The fourth-order valence-corrected chi connectivity index (χ4v) is 2.95. The van der Waals surface area contributed by atoms with Gasteiger partial charge in [0.15, 0.2) is 17.2 Å². The number of anilines is 1. The van der Waals surface area contributed by atoms with Crippen molar-refractivity contribution in [1.29, 1.82) is 0 Å². The van der Waals surface area contributed by atoms with E-state index in [1.807, 2.05) is 36.4 Å². The minimum absolute atomic E-state index is 0.132. The van der Waals surface area contributed by atoms with Crippen molar-refractivity contribution >= 4 is 23.2 Å². The number of rotatable bonds is 8. The van der Waals surface area contributed by atoms with Gasteiger partial charge in [0.05, 0.1) is 19.9 Å². The number of carbonyl (C=O) groups excluding carboxylic acids is 1. The summed E-state index contributed by atoms with van der Waals surface area (Å²) in [5.74, 6) is 2.28. The molecule has 0 aliphatic carbocycles. The zero-order chi connectivity index (χ0) is 20.6. The highest BCUT2D eigenvalue weighted by molar-refractivity contribution is 6.31. The number of ether oxygens (including phenoxy) is 3. The summed E-state index contributed by atoms with van der Waals surface area (Å²) in [6.07, 6.45) is 0.937. The monoisotopic (exact) mass is 411 g/mol. The maximum absolute atomic E-state index is 12.5. The molecule has 3 aromatic rings. The van der Waals surface area contributed by atoms with Gasteiger partial charge in [0.2, 0.25) is 5.91 Å². The van der Waals surface area contributed by atoms with Crippen molar-refractivity contribution in [3.8, 4) is 23.0 Å². The Balaban J connectivity index is 1.69. The fraction of sp³-hybridized carbons (Fsp3) is 0.174. The van der Waals surface area contributed by atoms with Gasteiger partial charge in [-0.3, -0.25) is 4.79 Å². The van der Waals surface area contributed by atoms with E-state index in [2.05, 4.69) is 5.32 Å². The highest BCUT2D eigenvalue weighted by Gasteiger charge is 2.12. The van der Waals surface area contributed by atoms with E-state index in [1.165, 1.54) is 0 Å². The molecular weight excluding hydrogens is 390 g/mol. The third-order valence-electron chi connectivity index (χ3n) is 4.30. The van der Waals surface area contributed by atoms with E-state index in [9.17, 15) is 4.79 Å². The van der Waals surface area contributed by atoms with Crippen LogP contribution in [0.1, 0.15) is 12.0 Å². The van der Waals surface area contributed by atoms with Crippen LogP contribution in [0.2, 0.25) is 5.02 Å². The molecule has 150 valence electrons. The zero-order valence-corrected chi connectivity index (χ0v) is 17.0. The fourth-order valence-electron chi connectivity index (χ4n) is 2.77. The van der Waals surface area contributed by atoms with Gasteiger partial charge in [-0.05, 0) is 54.4 Å². The Kier molecular flexibility index (Phi) is 6.98. The van der Waals surface area contributed by atoms with Crippen LogP contribution in [0.25, 0.3) is 0 Å². The first-order chi connectivity index (χ1) is 14.1. The van der Waals surface area contributed by atoms with Gasteiger partial charge in [-0.15, -0.1) is 0 Å². The van der Waals surface area contributed by atoms with Crippen molar-refractivity contribution < 1.29 is 19.0 Å². The first kappa shape index (κ1) is 20.6. The van der Waals surface area contributed by atoms with E-state index in [0.29, 0.717) is 40.8 Å². The quantitative estimate of drug-likeness (QED) is 0.515. The summed E-state index contributed by atoms with van der Waals surface area (Å²) in [6, 6.07) is 20.0. The Hall–Kier alpha value is -3.18. The largest absolute Gasteiger partial charge is 0.497 e. The number of halogens is 1. The second-order valence-electron chi connectivity index (χ2n) is 6.29. The summed E-state index contributed by atoms with van der Waals surface area (Å²) in [7, 11) is 3.20. The highest BCUT2D eigenvalue weighted by Crippen LogP contribution is 2.36. The number of aryl methyl sites for hydroxylation is 1. The Morgan fingerprint density at radius 3 is 2.31 bits per heavy atom. The Morgan fingerprint density at radius 1 is 0.897 bits per heavy atom. The predicted octanol–water partition coefficient (Wildman–Crippen LogP) is 5.72. The second-order valence-corrected chi connectivity index (χ2v) is 6.73. The first-order valence-electron chi connectivity index (χ1n) is 9.12. The molecule has 3 aromatic carbocycles. The van der Waals surface area contributed by atoms with Crippen molar-refractivity contribution in [1.82, 2.24) is 0 Å². The third kappa shape index (κ3) is 5.65. The minimum Gasteiger partial charge on any atom is -0.497 e. The molecule has 0 fully saturated rings. The van der Waals surface area contributed by atoms with Crippen molar-refractivity contribution in [2.24, 2.45) is 0 Å². The van der Waals surface area contributed by atoms with Gasteiger partial charge in [0.25, 0.3) is 0 Å². The van der Waals surface area contributed by atoms with Crippen LogP contribution in [0.5, 0.6) is 23.0 Å². The van der Waals surface area contributed by atoms with E-state index in [4.69, 9.17) is 25.8 Å². The van der Waals surface area contributed by atoms with E-state index >= 15 is 0 Å². The topological polar surface area (TPSA) is 56.8 Å². The van der Waals surface area contributed by atoms with Gasteiger partial charge in [-0.25, -0.2) is 0 Å². The number of carbonyl (C=O) groups is 1. The molecule has 0 heterocycles. The third-order valence-corrected chi connectivity index (χ3v) is 4.54. The Bertz CT molecular complexity index is 973. The molecule has 6 heteroatoms. The summed E-state index contributed by atoms with van der Waals surface area (Å²) >= 11 is 6.12. The molecule has 0 aromatic heterocycles. The van der Waals surface area contributed by atoms with Crippen LogP contribution < -0.4 is 19.5 Å². The number of para-hydroxylation sites is 2. The molecule has 0 aliphatic heterocycles. The molecule has 5 nitrogen and oxygen atoms in total. The molecule has 0 spiro atoms. The van der Waals surface area contributed by atoms with Gasteiger partial charge in [-0.2, -0.15) is 0 Å². The SMILES string of the molecule is COc1ccc(CCC(=O)Nc2cc(Cl)ccc2Oc2ccccc2OC)cc1. The molecule has 0 aliphatic rings. The van der Waals surface area contributed by atoms with Crippen LogP contribution >= 0.6 is 11.6 Å². The van der Waals surface area contributed by atoms with Gasteiger partial charge < -0.3 is 19.5 Å². The molecule has 1 amide bonds. The Labute approximate surface area is 175 Å². The molecule has 0 atom stereocenters. The molecule has 0 bridgehead atoms. The van der Waals surface area contributed by atoms with Gasteiger partial charge in [0, 0.05) is 11.4 Å². The second kappa shape index (κ2) is 9.85. The molecular formula is C23H22ClNO4. The standard InChI is InChI=1S/C23H22ClNO4/c1-27-18-11-7-16(8-12-18)9-14-23(26)25-19-15-17(24)10-13-20(19)29-22-6-4-3-5-21(22)28-2/h3-8,10-13,15H,9,14H2,1-2H3,(H,25,26). The highest BCUT2D eigenvalue weighted by atomic mass is 35.5. The molecule has 0 saturated carbocycles. The maximum atomic E-state index is 12.5. The van der Waals surface area contributed by atoms with E-state index in [1.54, 1.807) is 44.6 Å². The lowest BCUT2D eigenvalue weighted by atomic mass is 10.1. The van der Waals surface area contributed by atoms with Crippen LogP contribution in [0.3, 0.4) is 0 Å². The first-order valence-corrected chi connectivity index (χ1v) is 9.50. The summed E-state index contributed by atoms with van der Waals surface area (Å²) in [6.45, 7) is 0. The van der Waals surface area contributed by atoms with Gasteiger partial charge in [-0.1, -0.05) is 35.9 Å². The summed E-state index contributed by atoms with van der Waals surface area (Å²) in [5, 5.41) is 3.39. The molecule has 0 unspecified atom stereocenters. The minimum atomic E-state index is -0.132. The Morgan fingerprint density at radius 2 is 1.62 bits per heavy atom. The summed E-state index contributed by atoms with van der Waals surface area (Å²) < 4.78 is 16.4. The average Bonchev–Trinajstić information content (AvgIpc) is 2.75. The average molecular weight is 412 g/mol. The molecule has 0 saturated heterocycles. The number of benzene rings is 3. The lowest BCUT2D eigenvalue weighted by molar-refractivity contribution is -0.116. The normalized spacial score (nSPS) is 10.3. The smallest absolute Gasteiger partial charge is 0.224 e. The lowest BCUT2D eigenvalue weighted by Gasteiger charge is -2.14. The number of amides is 1. The number of nitrogens with one attached hydrogen (secondary N) is 1. The summed E-state index contributed by atoms with van der Waals surface area (Å²) in [5.41, 5.74) is 1.56. The molecule has 1 N–H and O–H groups in total. The van der Waals surface area contributed by atoms with Crippen LogP contribution in [-0.2, 0) is 11.2 Å². The molecule has 0 radical (unpaired) electrons. The van der Waals surface area contributed by atoms with Crippen LogP contribution in [-0.4, -0.2) is 20.1 Å². The van der Waals surface area contributed by atoms with E-state index in [0.717, 1.165) is 11.3 Å². The zero-order valence-electron chi connectivity index (χ0n) is 16.3. The van der Waals surface area contributed by atoms with Gasteiger partial charge >= 0.3 is 0 Å². The van der Waals surface area contributed by atoms with Gasteiger partial charge in [0.1, 0.15) is 5.75 Å². The van der Waals surface area contributed by atoms with Crippen molar-refractivity contribution in [2.45, 2.75) is 12.8 Å². The van der Waals surface area contributed by atoms with Crippen LogP contribution in [0.4, 0.5) is 5.69 Å². The predicted molar refractivity (Wildman–Crippen MR) is 114 cm³/mol. The van der Waals surface area contributed by atoms with Crippen LogP contribution in [0, 0.1) is 0 Å². The van der Waals surface area contributed by atoms with E-state index < -0.39 is 0 Å². The van der Waals surface area contributed by atoms with Crippen molar-refractivity contribution in [2.75, 3.05) is 19.5 Å². The van der Waals surface area contributed by atoms with Crippen molar-refractivity contribution in [3.05, 3.63) is 77.3 Å².